The molecule has 1 aromatic heterocycles. The fraction of sp³-hybridized carbons (Fsp3) is 0.235. The van der Waals surface area contributed by atoms with E-state index in [9.17, 15) is 4.79 Å². The monoisotopic (exact) mass is 342 g/mol. The Kier molecular flexibility index (Phi) is 5.70. The summed E-state index contributed by atoms with van der Waals surface area (Å²) in [6, 6.07) is 9.88. The molecule has 0 saturated carbocycles. The summed E-state index contributed by atoms with van der Waals surface area (Å²) in [5, 5.41) is 6.49. The number of amides is 1. The number of nitrogens with zero attached hydrogens (tertiary/aromatic N) is 3. The SMILES string of the molecule is O=C(NN=C/C=C/c1ccccc1)c1csc(N2CCOCC2)n1. The van der Waals surface area contributed by atoms with E-state index in [1.807, 2.05) is 36.4 Å². The van der Waals surface area contributed by atoms with Crippen LogP contribution in [0.5, 0.6) is 0 Å². The minimum absolute atomic E-state index is 0.310. The lowest BCUT2D eigenvalue weighted by Crippen LogP contribution is -2.36. The molecule has 7 heteroatoms. The summed E-state index contributed by atoms with van der Waals surface area (Å²) in [5.41, 5.74) is 3.94. The van der Waals surface area contributed by atoms with E-state index in [0.29, 0.717) is 18.9 Å². The number of ether oxygens (including phenoxy) is 1. The Morgan fingerprint density at radius 2 is 2.08 bits per heavy atom. The fourth-order valence-electron chi connectivity index (χ4n) is 2.18. The van der Waals surface area contributed by atoms with E-state index < -0.39 is 0 Å². The van der Waals surface area contributed by atoms with Crippen LogP contribution in [0.1, 0.15) is 16.1 Å². The number of hydrazone groups is 1. The highest BCUT2D eigenvalue weighted by Crippen LogP contribution is 2.21. The van der Waals surface area contributed by atoms with E-state index in [-0.39, 0.29) is 5.91 Å². The number of allylic oxidation sites excluding steroid dienone is 1. The van der Waals surface area contributed by atoms with Gasteiger partial charge in [0.1, 0.15) is 5.69 Å². The normalized spacial score (nSPS) is 15.2. The van der Waals surface area contributed by atoms with Crippen LogP contribution in [0.3, 0.4) is 0 Å². The molecule has 2 heterocycles. The number of hydrogen-bond acceptors (Lipinski definition) is 6. The van der Waals surface area contributed by atoms with E-state index in [1.54, 1.807) is 17.7 Å². The molecule has 0 atom stereocenters. The molecular formula is C17H18N4O2S. The second-order valence-electron chi connectivity index (χ2n) is 5.10. The van der Waals surface area contributed by atoms with Crippen LogP contribution in [0.25, 0.3) is 6.08 Å². The Labute approximate surface area is 144 Å². The van der Waals surface area contributed by atoms with Crippen LogP contribution >= 0.6 is 11.3 Å². The van der Waals surface area contributed by atoms with Crippen molar-refractivity contribution in [1.29, 1.82) is 0 Å². The number of carbonyl (C=O) groups is 1. The molecule has 2 aromatic rings. The van der Waals surface area contributed by atoms with Crippen LogP contribution in [-0.4, -0.2) is 43.4 Å². The maximum absolute atomic E-state index is 12.0. The molecule has 0 spiro atoms. The molecule has 0 radical (unpaired) electrons. The zero-order chi connectivity index (χ0) is 16.6. The van der Waals surface area contributed by atoms with Crippen LogP contribution < -0.4 is 10.3 Å². The van der Waals surface area contributed by atoms with Crippen LogP contribution in [0.2, 0.25) is 0 Å². The van der Waals surface area contributed by atoms with Gasteiger partial charge in [0.2, 0.25) is 0 Å². The van der Waals surface area contributed by atoms with Gasteiger partial charge in [-0.05, 0) is 11.6 Å². The summed E-state index contributed by atoms with van der Waals surface area (Å²) >= 11 is 1.46. The number of carbonyl (C=O) groups excluding carboxylic acids is 1. The van der Waals surface area contributed by atoms with E-state index in [2.05, 4.69) is 20.4 Å². The Morgan fingerprint density at radius 3 is 2.88 bits per heavy atom. The van der Waals surface area contributed by atoms with Crippen molar-refractivity contribution in [2.24, 2.45) is 5.10 Å². The van der Waals surface area contributed by atoms with Gasteiger partial charge in [0, 0.05) is 24.7 Å². The quantitative estimate of drug-likeness (QED) is 0.669. The summed E-state index contributed by atoms with van der Waals surface area (Å²) in [7, 11) is 0. The smallest absolute Gasteiger partial charge is 0.290 e. The molecule has 1 aliphatic heterocycles. The first-order valence-electron chi connectivity index (χ1n) is 7.66. The maximum atomic E-state index is 12.0. The van der Waals surface area contributed by atoms with Crippen LogP contribution in [0, 0.1) is 0 Å². The van der Waals surface area contributed by atoms with Gasteiger partial charge in [0.15, 0.2) is 5.13 Å². The number of aromatic nitrogens is 1. The van der Waals surface area contributed by atoms with Crippen LogP contribution in [0.15, 0.2) is 46.9 Å². The molecule has 0 unspecified atom stereocenters. The Hall–Kier alpha value is -2.51. The number of morpholine rings is 1. The van der Waals surface area contributed by atoms with Crippen molar-refractivity contribution in [3.05, 3.63) is 53.0 Å². The molecule has 6 nitrogen and oxygen atoms in total. The minimum Gasteiger partial charge on any atom is -0.378 e. The van der Waals surface area contributed by atoms with Gasteiger partial charge in [-0.2, -0.15) is 5.10 Å². The molecule has 1 N–H and O–H groups in total. The third-order valence-electron chi connectivity index (χ3n) is 3.42. The van der Waals surface area contributed by atoms with Crippen molar-refractivity contribution >= 4 is 34.7 Å². The number of hydrogen-bond donors (Lipinski definition) is 1. The molecule has 1 saturated heterocycles. The fourth-order valence-corrected chi connectivity index (χ4v) is 3.04. The van der Waals surface area contributed by atoms with E-state index >= 15 is 0 Å². The Morgan fingerprint density at radius 1 is 1.29 bits per heavy atom. The Balaban J connectivity index is 1.51. The largest absolute Gasteiger partial charge is 0.378 e. The first-order chi connectivity index (χ1) is 11.8. The zero-order valence-corrected chi connectivity index (χ0v) is 13.9. The second kappa shape index (κ2) is 8.37. The van der Waals surface area contributed by atoms with Gasteiger partial charge in [0.05, 0.1) is 13.2 Å². The van der Waals surface area contributed by atoms with Gasteiger partial charge in [-0.15, -0.1) is 11.3 Å². The highest BCUT2D eigenvalue weighted by atomic mass is 32.1. The van der Waals surface area contributed by atoms with Crippen molar-refractivity contribution < 1.29 is 9.53 Å². The van der Waals surface area contributed by atoms with Crippen molar-refractivity contribution in [1.82, 2.24) is 10.4 Å². The average molecular weight is 342 g/mol. The third-order valence-corrected chi connectivity index (χ3v) is 4.32. The van der Waals surface area contributed by atoms with E-state index in [1.165, 1.54) is 11.3 Å². The lowest BCUT2D eigenvalue weighted by Gasteiger charge is -2.25. The number of thiazole rings is 1. The van der Waals surface area contributed by atoms with Crippen LogP contribution in [0.4, 0.5) is 5.13 Å². The first kappa shape index (κ1) is 16.4. The molecule has 1 fully saturated rings. The summed E-state index contributed by atoms with van der Waals surface area (Å²) in [5.74, 6) is -0.310. The summed E-state index contributed by atoms with van der Waals surface area (Å²) in [4.78, 5) is 18.5. The molecule has 24 heavy (non-hydrogen) atoms. The van der Waals surface area contributed by atoms with Crippen LogP contribution in [-0.2, 0) is 4.74 Å². The van der Waals surface area contributed by atoms with Crippen molar-refractivity contribution in [2.45, 2.75) is 0 Å². The van der Waals surface area contributed by atoms with Crippen molar-refractivity contribution in [3.8, 4) is 0 Å². The van der Waals surface area contributed by atoms with Crippen molar-refractivity contribution in [3.63, 3.8) is 0 Å². The standard InChI is InChI=1S/C17H18N4O2S/c22-16(20-18-8-4-7-14-5-2-1-3-6-14)15-13-24-17(19-15)21-9-11-23-12-10-21/h1-8,13H,9-12H2,(H,20,22)/b7-4+,18-8?. The third kappa shape index (κ3) is 4.50. The number of rotatable bonds is 5. The highest BCUT2D eigenvalue weighted by molar-refractivity contribution is 7.13. The van der Waals surface area contributed by atoms with Gasteiger partial charge in [0.25, 0.3) is 5.91 Å². The first-order valence-corrected chi connectivity index (χ1v) is 8.54. The summed E-state index contributed by atoms with van der Waals surface area (Å²) in [6.07, 6.45) is 5.23. The highest BCUT2D eigenvalue weighted by Gasteiger charge is 2.17. The lowest BCUT2D eigenvalue weighted by atomic mass is 10.2. The maximum Gasteiger partial charge on any atom is 0.290 e. The van der Waals surface area contributed by atoms with Gasteiger partial charge in [-0.3, -0.25) is 4.79 Å². The lowest BCUT2D eigenvalue weighted by molar-refractivity contribution is 0.0951. The second-order valence-corrected chi connectivity index (χ2v) is 5.94. The predicted molar refractivity (Wildman–Crippen MR) is 96.6 cm³/mol. The average Bonchev–Trinajstić information content (AvgIpc) is 3.13. The molecule has 0 aliphatic carbocycles. The number of anilines is 1. The minimum atomic E-state index is -0.310. The Bertz CT molecular complexity index is 721. The van der Waals surface area contributed by atoms with Gasteiger partial charge in [-0.1, -0.05) is 36.4 Å². The molecule has 1 aliphatic rings. The molecule has 0 bridgehead atoms. The molecule has 1 amide bonds. The molecule has 3 rings (SSSR count). The number of benzene rings is 1. The van der Waals surface area contributed by atoms with Gasteiger partial charge in [-0.25, -0.2) is 10.4 Å². The topological polar surface area (TPSA) is 66.8 Å². The van der Waals surface area contributed by atoms with E-state index in [4.69, 9.17) is 4.74 Å². The molecule has 1 aromatic carbocycles. The van der Waals surface area contributed by atoms with Crippen molar-refractivity contribution in [2.75, 3.05) is 31.2 Å². The van der Waals surface area contributed by atoms with Gasteiger partial charge < -0.3 is 9.64 Å². The summed E-state index contributed by atoms with van der Waals surface area (Å²) < 4.78 is 5.31. The zero-order valence-electron chi connectivity index (χ0n) is 13.1. The number of nitrogens with one attached hydrogen (secondary N) is 1. The van der Waals surface area contributed by atoms with E-state index in [0.717, 1.165) is 23.8 Å². The predicted octanol–water partition coefficient (Wildman–Crippen LogP) is 2.41. The summed E-state index contributed by atoms with van der Waals surface area (Å²) in [6.45, 7) is 2.99. The van der Waals surface area contributed by atoms with Gasteiger partial charge >= 0.3 is 0 Å². The molecule has 124 valence electrons. The molecular weight excluding hydrogens is 324 g/mol.